The maximum atomic E-state index is 13.4. The summed E-state index contributed by atoms with van der Waals surface area (Å²) in [5.74, 6) is 1.02. The molecule has 1 aromatic heterocycles. The molecule has 1 unspecified atom stereocenters. The third-order valence-electron chi connectivity index (χ3n) is 5.79. The van der Waals surface area contributed by atoms with Gasteiger partial charge in [0.25, 0.3) is 0 Å². The second-order valence-electron chi connectivity index (χ2n) is 8.18. The summed E-state index contributed by atoms with van der Waals surface area (Å²) in [5.41, 5.74) is 1.04. The van der Waals surface area contributed by atoms with Gasteiger partial charge in [0.1, 0.15) is 6.61 Å². The Morgan fingerprint density at radius 3 is 2.56 bits per heavy atom. The number of hydrogen-bond donors (Lipinski definition) is 0. The first-order valence-electron chi connectivity index (χ1n) is 11.4. The minimum atomic E-state index is -0.206. The number of methoxy groups -OCH3 is 3. The fourth-order valence-electron chi connectivity index (χ4n) is 3.95. The van der Waals surface area contributed by atoms with Crippen LogP contribution in [0.3, 0.4) is 0 Å². The van der Waals surface area contributed by atoms with Crippen molar-refractivity contribution in [1.29, 1.82) is 0 Å². The van der Waals surface area contributed by atoms with E-state index in [0.29, 0.717) is 44.2 Å². The van der Waals surface area contributed by atoms with E-state index in [1.54, 1.807) is 30.5 Å². The van der Waals surface area contributed by atoms with E-state index in [1.807, 2.05) is 40.6 Å². The summed E-state index contributed by atoms with van der Waals surface area (Å²) in [4.78, 5) is 30.6. The third kappa shape index (κ3) is 7.44. The molecule has 0 aliphatic carbocycles. The molecule has 0 spiro atoms. The van der Waals surface area contributed by atoms with E-state index < -0.39 is 0 Å². The van der Waals surface area contributed by atoms with Gasteiger partial charge in [-0.25, -0.2) is 0 Å². The lowest BCUT2D eigenvalue weighted by Crippen LogP contribution is -2.46. The van der Waals surface area contributed by atoms with Crippen LogP contribution in [0, 0.1) is 0 Å². The molecular weight excluding hydrogens is 456 g/mol. The van der Waals surface area contributed by atoms with Crippen molar-refractivity contribution in [2.24, 2.45) is 0 Å². The topological polar surface area (TPSA) is 77.5 Å². The van der Waals surface area contributed by atoms with Gasteiger partial charge in [-0.15, -0.1) is 11.3 Å². The van der Waals surface area contributed by atoms with Gasteiger partial charge < -0.3 is 28.7 Å². The Labute approximate surface area is 205 Å². The molecule has 34 heavy (non-hydrogen) atoms. The van der Waals surface area contributed by atoms with Crippen LogP contribution < -0.4 is 9.47 Å². The molecule has 1 aliphatic heterocycles. The highest BCUT2D eigenvalue weighted by atomic mass is 32.1. The number of amides is 2. The van der Waals surface area contributed by atoms with Gasteiger partial charge in [0, 0.05) is 31.7 Å². The molecule has 9 heteroatoms. The molecule has 186 valence electrons. The Morgan fingerprint density at radius 1 is 1.09 bits per heavy atom. The Morgan fingerprint density at radius 2 is 1.91 bits per heavy atom. The average Bonchev–Trinajstić information content (AvgIpc) is 3.55. The Balaban J connectivity index is 1.71. The van der Waals surface area contributed by atoms with Crippen molar-refractivity contribution in [2.75, 3.05) is 54.2 Å². The molecule has 2 aromatic rings. The lowest BCUT2D eigenvalue weighted by molar-refractivity contribution is -0.144. The molecule has 1 fully saturated rings. The highest BCUT2D eigenvalue weighted by Crippen LogP contribution is 2.28. The van der Waals surface area contributed by atoms with E-state index in [-0.39, 0.29) is 31.1 Å². The molecule has 0 bridgehead atoms. The van der Waals surface area contributed by atoms with Crippen LogP contribution in [-0.4, -0.2) is 81.9 Å². The molecule has 1 atom stereocenters. The number of carbonyl (C=O) groups excluding carboxylic acids is 2. The number of benzene rings is 1. The number of ether oxygens (including phenoxy) is 4. The zero-order valence-corrected chi connectivity index (χ0v) is 21.0. The maximum absolute atomic E-state index is 13.4. The Kier molecular flexibility index (Phi) is 10.2. The highest BCUT2D eigenvalue weighted by molar-refractivity contribution is 7.09. The molecule has 0 saturated carbocycles. The number of rotatable bonds is 13. The number of nitrogens with zero attached hydrogens (tertiary/aromatic N) is 2. The minimum Gasteiger partial charge on any atom is -0.493 e. The molecule has 3 rings (SSSR count). The fourth-order valence-corrected chi connectivity index (χ4v) is 4.67. The molecule has 1 aliphatic rings. The summed E-state index contributed by atoms with van der Waals surface area (Å²) in [6, 6.07) is 9.76. The first kappa shape index (κ1) is 26.0. The van der Waals surface area contributed by atoms with Gasteiger partial charge in [-0.05, 0) is 48.4 Å². The smallest absolute Gasteiger partial charge is 0.249 e. The van der Waals surface area contributed by atoms with Crippen molar-refractivity contribution < 1.29 is 28.5 Å². The Hall–Kier alpha value is -2.62. The van der Waals surface area contributed by atoms with Crippen LogP contribution in [0.5, 0.6) is 11.5 Å². The van der Waals surface area contributed by atoms with E-state index in [4.69, 9.17) is 18.9 Å². The largest absolute Gasteiger partial charge is 0.493 e. The van der Waals surface area contributed by atoms with Crippen molar-refractivity contribution >= 4 is 23.2 Å². The summed E-state index contributed by atoms with van der Waals surface area (Å²) in [6.45, 7) is 2.04. The van der Waals surface area contributed by atoms with Crippen LogP contribution in [0.4, 0.5) is 0 Å². The predicted molar refractivity (Wildman–Crippen MR) is 130 cm³/mol. The predicted octanol–water partition coefficient (Wildman–Crippen LogP) is 2.99. The normalized spacial score (nSPS) is 15.2. The van der Waals surface area contributed by atoms with Crippen molar-refractivity contribution in [1.82, 2.24) is 9.80 Å². The molecule has 1 saturated heterocycles. The molecule has 0 N–H and O–H groups in total. The molecule has 1 aromatic carbocycles. The lowest BCUT2D eigenvalue weighted by atomic mass is 10.1. The Bertz CT molecular complexity index is 914. The van der Waals surface area contributed by atoms with E-state index in [9.17, 15) is 9.59 Å². The second kappa shape index (κ2) is 13.3. The van der Waals surface area contributed by atoms with Gasteiger partial charge in [-0.3, -0.25) is 9.59 Å². The van der Waals surface area contributed by atoms with Crippen molar-refractivity contribution in [3.8, 4) is 11.5 Å². The quantitative estimate of drug-likeness (QED) is 0.430. The van der Waals surface area contributed by atoms with Crippen molar-refractivity contribution in [3.63, 3.8) is 0 Å². The fraction of sp³-hybridized carbons (Fsp3) is 0.520. The van der Waals surface area contributed by atoms with Crippen LogP contribution in [-0.2, 0) is 32.0 Å². The van der Waals surface area contributed by atoms with Crippen LogP contribution >= 0.6 is 11.3 Å². The van der Waals surface area contributed by atoms with Crippen LogP contribution in [0.25, 0.3) is 0 Å². The van der Waals surface area contributed by atoms with Crippen molar-refractivity contribution in [3.05, 3.63) is 46.2 Å². The molecule has 2 amide bonds. The number of carbonyl (C=O) groups is 2. The van der Waals surface area contributed by atoms with Crippen LogP contribution in [0.1, 0.15) is 23.3 Å². The standard InChI is InChI=1S/C25H34N2O6S/c1-30-18-25(29)27(15-20-6-4-12-33-20)17-24(28)26(16-21-7-5-13-34-21)11-10-19-8-9-22(31-2)23(14-19)32-3/h5,7-9,13-14,20H,4,6,10-12,15-18H2,1-3H3. The highest BCUT2D eigenvalue weighted by Gasteiger charge is 2.26. The molecule has 2 heterocycles. The summed E-state index contributed by atoms with van der Waals surface area (Å²) < 4.78 is 21.5. The van der Waals surface area contributed by atoms with E-state index >= 15 is 0 Å². The van der Waals surface area contributed by atoms with Gasteiger partial charge in [0.15, 0.2) is 11.5 Å². The molecule has 0 radical (unpaired) electrons. The SMILES string of the molecule is COCC(=O)N(CC(=O)N(CCc1ccc(OC)c(OC)c1)Cc1cccs1)CC1CCCO1. The van der Waals surface area contributed by atoms with E-state index in [2.05, 4.69) is 0 Å². The minimum absolute atomic E-state index is 0.000633. The van der Waals surface area contributed by atoms with Crippen LogP contribution in [0.15, 0.2) is 35.7 Å². The summed E-state index contributed by atoms with van der Waals surface area (Å²) in [7, 11) is 4.69. The molecular formula is C25H34N2O6S. The molecule has 8 nitrogen and oxygen atoms in total. The summed E-state index contributed by atoms with van der Waals surface area (Å²) in [5, 5.41) is 2.00. The monoisotopic (exact) mass is 490 g/mol. The average molecular weight is 491 g/mol. The second-order valence-corrected chi connectivity index (χ2v) is 9.21. The lowest BCUT2D eigenvalue weighted by Gasteiger charge is -2.29. The maximum Gasteiger partial charge on any atom is 0.249 e. The first-order chi connectivity index (χ1) is 16.5. The van der Waals surface area contributed by atoms with Gasteiger partial charge in [-0.1, -0.05) is 12.1 Å². The zero-order valence-electron chi connectivity index (χ0n) is 20.2. The number of thiophene rings is 1. The first-order valence-corrected chi connectivity index (χ1v) is 12.3. The van der Waals surface area contributed by atoms with Gasteiger partial charge in [0.05, 0.1) is 33.4 Å². The third-order valence-corrected chi connectivity index (χ3v) is 6.65. The van der Waals surface area contributed by atoms with Crippen molar-refractivity contribution in [2.45, 2.75) is 31.9 Å². The summed E-state index contributed by atoms with van der Waals surface area (Å²) >= 11 is 1.61. The van der Waals surface area contributed by atoms with Gasteiger partial charge >= 0.3 is 0 Å². The zero-order chi connectivity index (χ0) is 24.3. The van der Waals surface area contributed by atoms with E-state index in [0.717, 1.165) is 23.3 Å². The van der Waals surface area contributed by atoms with Crippen LogP contribution in [0.2, 0.25) is 0 Å². The van der Waals surface area contributed by atoms with Gasteiger partial charge in [-0.2, -0.15) is 0 Å². The summed E-state index contributed by atoms with van der Waals surface area (Å²) in [6.07, 6.45) is 2.48. The number of hydrogen-bond acceptors (Lipinski definition) is 7. The van der Waals surface area contributed by atoms with Gasteiger partial charge in [0.2, 0.25) is 11.8 Å². The van der Waals surface area contributed by atoms with E-state index in [1.165, 1.54) is 7.11 Å².